The van der Waals surface area contributed by atoms with E-state index in [0.29, 0.717) is 0 Å². The van der Waals surface area contributed by atoms with E-state index >= 15 is 0 Å². The summed E-state index contributed by atoms with van der Waals surface area (Å²) in [5, 5.41) is 7.73. The van der Waals surface area contributed by atoms with Crippen LogP contribution in [0.5, 0.6) is 0 Å². The van der Waals surface area contributed by atoms with Crippen LogP contribution >= 0.6 is 0 Å². The highest BCUT2D eigenvalue weighted by Gasteiger charge is 2.09. The highest BCUT2D eigenvalue weighted by atomic mass is 15.3. The summed E-state index contributed by atoms with van der Waals surface area (Å²) in [6, 6.07) is 4.09. The molecule has 2 aromatic rings. The summed E-state index contributed by atoms with van der Waals surface area (Å²) in [6.45, 7) is 6.53. The molecule has 0 atom stereocenters. The first-order chi connectivity index (χ1) is 9.31. The van der Waals surface area contributed by atoms with E-state index in [-0.39, 0.29) is 0 Å². The molecule has 1 aliphatic rings. The maximum absolute atomic E-state index is 4.48. The van der Waals surface area contributed by atoms with Gasteiger partial charge < -0.3 is 10.2 Å². The molecule has 3 heterocycles. The molecule has 1 aliphatic heterocycles. The van der Waals surface area contributed by atoms with Gasteiger partial charge in [-0.2, -0.15) is 4.98 Å². The molecule has 19 heavy (non-hydrogen) atoms. The number of likely N-dealkylation sites (tertiary alicyclic amines) is 1. The summed E-state index contributed by atoms with van der Waals surface area (Å²) in [5.41, 5.74) is 2.11. The van der Waals surface area contributed by atoms with Crippen LogP contribution in [-0.2, 0) is 0 Å². The lowest BCUT2D eigenvalue weighted by Gasteiger charge is -2.26. The van der Waals surface area contributed by atoms with E-state index in [1.54, 1.807) is 0 Å². The first kappa shape index (κ1) is 12.4. The van der Waals surface area contributed by atoms with Crippen molar-refractivity contribution in [2.75, 3.05) is 31.5 Å². The second-order valence-electron chi connectivity index (χ2n) is 5.27. The maximum Gasteiger partial charge on any atom is 0.243 e. The molecule has 1 saturated heterocycles. The Labute approximate surface area is 113 Å². The highest BCUT2D eigenvalue weighted by Crippen LogP contribution is 2.09. The normalized spacial score (nSPS) is 16.9. The number of anilines is 1. The molecule has 102 valence electrons. The SMILES string of the molecule is Cc1ccn2nc(NCCN3CCCCC3)nc2c1. The zero-order valence-electron chi connectivity index (χ0n) is 11.5. The molecule has 1 N–H and O–H groups in total. The van der Waals surface area contributed by atoms with Crippen molar-refractivity contribution in [2.24, 2.45) is 0 Å². The van der Waals surface area contributed by atoms with Crippen molar-refractivity contribution < 1.29 is 0 Å². The number of hydrogen-bond acceptors (Lipinski definition) is 4. The van der Waals surface area contributed by atoms with E-state index < -0.39 is 0 Å². The Balaban J connectivity index is 1.56. The molecule has 0 saturated carbocycles. The van der Waals surface area contributed by atoms with Gasteiger partial charge in [0, 0.05) is 19.3 Å². The molecule has 0 bridgehead atoms. The van der Waals surface area contributed by atoms with E-state index in [4.69, 9.17) is 0 Å². The topological polar surface area (TPSA) is 45.5 Å². The molecular weight excluding hydrogens is 238 g/mol. The molecule has 0 radical (unpaired) electrons. The first-order valence-electron chi connectivity index (χ1n) is 7.10. The van der Waals surface area contributed by atoms with Crippen molar-refractivity contribution in [3.8, 4) is 0 Å². The smallest absolute Gasteiger partial charge is 0.243 e. The molecule has 0 amide bonds. The number of pyridine rings is 1. The third-order valence-corrected chi connectivity index (χ3v) is 3.65. The fourth-order valence-electron chi connectivity index (χ4n) is 2.57. The highest BCUT2D eigenvalue weighted by molar-refractivity contribution is 5.45. The van der Waals surface area contributed by atoms with Gasteiger partial charge in [0.1, 0.15) is 0 Å². The molecule has 0 aliphatic carbocycles. The molecular formula is C14H21N5. The number of fused-ring (bicyclic) bond motifs is 1. The van der Waals surface area contributed by atoms with Crippen molar-refractivity contribution in [1.29, 1.82) is 0 Å². The summed E-state index contributed by atoms with van der Waals surface area (Å²) >= 11 is 0. The predicted molar refractivity (Wildman–Crippen MR) is 76.5 cm³/mol. The van der Waals surface area contributed by atoms with Gasteiger partial charge in [-0.15, -0.1) is 5.10 Å². The van der Waals surface area contributed by atoms with Gasteiger partial charge in [0.15, 0.2) is 5.65 Å². The maximum atomic E-state index is 4.48. The number of rotatable bonds is 4. The van der Waals surface area contributed by atoms with Gasteiger partial charge in [0.05, 0.1) is 0 Å². The minimum Gasteiger partial charge on any atom is -0.352 e. The Morgan fingerprint density at radius 1 is 1.26 bits per heavy atom. The van der Waals surface area contributed by atoms with Gasteiger partial charge >= 0.3 is 0 Å². The third-order valence-electron chi connectivity index (χ3n) is 3.65. The van der Waals surface area contributed by atoms with E-state index in [2.05, 4.69) is 27.2 Å². The largest absolute Gasteiger partial charge is 0.352 e. The van der Waals surface area contributed by atoms with Crippen molar-refractivity contribution >= 4 is 11.6 Å². The fourth-order valence-corrected chi connectivity index (χ4v) is 2.57. The van der Waals surface area contributed by atoms with Crippen LogP contribution in [0.3, 0.4) is 0 Å². The molecule has 2 aromatic heterocycles. The molecule has 5 heteroatoms. The van der Waals surface area contributed by atoms with Gasteiger partial charge in [0.25, 0.3) is 0 Å². The van der Waals surface area contributed by atoms with Crippen LogP contribution in [0.25, 0.3) is 5.65 Å². The van der Waals surface area contributed by atoms with E-state index in [1.807, 2.05) is 22.8 Å². The fraction of sp³-hybridized carbons (Fsp3) is 0.571. The van der Waals surface area contributed by atoms with Crippen LogP contribution in [-0.4, -0.2) is 45.7 Å². The Morgan fingerprint density at radius 3 is 2.95 bits per heavy atom. The zero-order chi connectivity index (χ0) is 13.1. The minimum atomic E-state index is 0.725. The summed E-state index contributed by atoms with van der Waals surface area (Å²) in [6.07, 6.45) is 6.02. The lowest BCUT2D eigenvalue weighted by Crippen LogP contribution is -2.33. The molecule has 0 unspecified atom stereocenters. The lowest BCUT2D eigenvalue weighted by molar-refractivity contribution is 0.237. The molecule has 3 rings (SSSR count). The van der Waals surface area contributed by atoms with Crippen molar-refractivity contribution in [3.05, 3.63) is 23.9 Å². The van der Waals surface area contributed by atoms with E-state index in [1.165, 1.54) is 37.9 Å². The van der Waals surface area contributed by atoms with Crippen LogP contribution in [0.1, 0.15) is 24.8 Å². The van der Waals surface area contributed by atoms with Crippen LogP contribution in [0.2, 0.25) is 0 Å². The Hall–Kier alpha value is -1.62. The second-order valence-corrected chi connectivity index (χ2v) is 5.27. The quantitative estimate of drug-likeness (QED) is 0.911. The van der Waals surface area contributed by atoms with E-state index in [0.717, 1.165) is 24.7 Å². The predicted octanol–water partition coefficient (Wildman–Crippen LogP) is 1.94. The lowest BCUT2D eigenvalue weighted by atomic mass is 10.1. The summed E-state index contributed by atoms with van der Waals surface area (Å²) < 4.78 is 1.82. The minimum absolute atomic E-state index is 0.725. The first-order valence-corrected chi connectivity index (χ1v) is 7.10. The Kier molecular flexibility index (Phi) is 3.64. The summed E-state index contributed by atoms with van der Waals surface area (Å²) in [4.78, 5) is 6.99. The summed E-state index contributed by atoms with van der Waals surface area (Å²) in [5.74, 6) is 0.725. The standard InChI is InChI=1S/C14H21N5/c1-12-5-9-19-13(11-12)16-14(17-19)15-6-10-18-7-3-2-4-8-18/h5,9,11H,2-4,6-8,10H2,1H3,(H,15,17). The van der Waals surface area contributed by atoms with Gasteiger partial charge in [0.2, 0.25) is 5.95 Å². The Bertz CT molecular complexity index is 542. The molecule has 0 aromatic carbocycles. The van der Waals surface area contributed by atoms with Crippen molar-refractivity contribution in [2.45, 2.75) is 26.2 Å². The van der Waals surface area contributed by atoms with Gasteiger partial charge in [-0.3, -0.25) is 0 Å². The average molecular weight is 259 g/mol. The number of aryl methyl sites for hydroxylation is 1. The van der Waals surface area contributed by atoms with E-state index in [9.17, 15) is 0 Å². The number of hydrogen-bond donors (Lipinski definition) is 1. The van der Waals surface area contributed by atoms with Gasteiger partial charge in [-0.25, -0.2) is 4.52 Å². The zero-order valence-corrected chi connectivity index (χ0v) is 11.5. The molecule has 0 spiro atoms. The van der Waals surface area contributed by atoms with Gasteiger partial charge in [-0.05, 0) is 50.6 Å². The van der Waals surface area contributed by atoms with Crippen molar-refractivity contribution in [3.63, 3.8) is 0 Å². The van der Waals surface area contributed by atoms with Crippen LogP contribution in [0, 0.1) is 6.92 Å². The monoisotopic (exact) mass is 259 g/mol. The number of piperidine rings is 1. The molecule has 5 nitrogen and oxygen atoms in total. The Morgan fingerprint density at radius 2 is 2.11 bits per heavy atom. The van der Waals surface area contributed by atoms with Crippen molar-refractivity contribution in [1.82, 2.24) is 19.5 Å². The summed E-state index contributed by atoms with van der Waals surface area (Å²) in [7, 11) is 0. The van der Waals surface area contributed by atoms with Gasteiger partial charge in [-0.1, -0.05) is 6.42 Å². The van der Waals surface area contributed by atoms with Crippen LogP contribution in [0.15, 0.2) is 18.3 Å². The number of nitrogens with one attached hydrogen (secondary N) is 1. The average Bonchev–Trinajstić information content (AvgIpc) is 2.82. The third kappa shape index (κ3) is 3.04. The number of aromatic nitrogens is 3. The second kappa shape index (κ2) is 5.57. The number of nitrogens with zero attached hydrogens (tertiary/aromatic N) is 4. The molecule has 1 fully saturated rings. The van der Waals surface area contributed by atoms with Crippen LogP contribution in [0.4, 0.5) is 5.95 Å². The van der Waals surface area contributed by atoms with Crippen LogP contribution < -0.4 is 5.32 Å².